The zero-order valence-corrected chi connectivity index (χ0v) is 28.1. The Morgan fingerprint density at radius 3 is 1.60 bits per heavy atom. The third-order valence-corrected chi connectivity index (χ3v) is 9.49. The molecule has 1 saturated carbocycles. The van der Waals surface area contributed by atoms with Crippen molar-refractivity contribution in [3.8, 4) is 0 Å². The molecule has 0 saturated heterocycles. The summed E-state index contributed by atoms with van der Waals surface area (Å²) in [6.45, 7) is 6.58. The van der Waals surface area contributed by atoms with Crippen molar-refractivity contribution in [2.45, 2.75) is 187 Å². The number of carbonyl (C=O) groups excluding carboxylic acids is 1. The van der Waals surface area contributed by atoms with Gasteiger partial charge >= 0.3 is 0 Å². The summed E-state index contributed by atoms with van der Waals surface area (Å²) in [6.07, 6.45) is 37.5. The lowest BCUT2D eigenvalue weighted by atomic mass is 9.89. The standard InChI is InChI=1S/C37H74N2O/c1-5-7-9-11-13-15-17-20-26-34(27-21-18-16-14-12-10-8-6-2)28-22-19-23-29-35-32-36(35)33-37(40)38-30-24-25-31-39(3)4/h34-36H,5-33H2,1-4H3,(H,38,40). The SMILES string of the molecule is CCCCCCCCCCC(CCCCCCCCCC)CCCCCC1CC1CC(=O)NCCCCN(C)C. The minimum Gasteiger partial charge on any atom is -0.356 e. The van der Waals surface area contributed by atoms with Crippen molar-refractivity contribution in [1.29, 1.82) is 0 Å². The van der Waals surface area contributed by atoms with E-state index >= 15 is 0 Å². The van der Waals surface area contributed by atoms with E-state index in [0.29, 0.717) is 11.8 Å². The van der Waals surface area contributed by atoms with Gasteiger partial charge in [0.05, 0.1) is 0 Å². The average Bonchev–Trinajstić information content (AvgIpc) is 3.67. The van der Waals surface area contributed by atoms with Crippen LogP contribution in [0.4, 0.5) is 0 Å². The summed E-state index contributed by atoms with van der Waals surface area (Å²) in [4.78, 5) is 14.5. The summed E-state index contributed by atoms with van der Waals surface area (Å²) in [7, 11) is 4.22. The molecule has 0 aliphatic heterocycles. The first-order valence-corrected chi connectivity index (χ1v) is 18.5. The Labute approximate surface area is 252 Å². The van der Waals surface area contributed by atoms with E-state index in [2.05, 4.69) is 38.2 Å². The third-order valence-electron chi connectivity index (χ3n) is 9.49. The molecule has 1 rings (SSSR count). The zero-order chi connectivity index (χ0) is 29.1. The van der Waals surface area contributed by atoms with Crippen LogP contribution in [0, 0.1) is 17.8 Å². The first-order valence-electron chi connectivity index (χ1n) is 18.5. The summed E-state index contributed by atoms with van der Waals surface area (Å²) in [5.41, 5.74) is 0. The van der Waals surface area contributed by atoms with Gasteiger partial charge in [-0.1, -0.05) is 162 Å². The Kier molecular flexibility index (Phi) is 25.5. The predicted molar refractivity (Wildman–Crippen MR) is 178 cm³/mol. The molecule has 0 aromatic heterocycles. The second-order valence-electron chi connectivity index (χ2n) is 13.9. The van der Waals surface area contributed by atoms with Gasteiger partial charge in [-0.2, -0.15) is 0 Å². The fourth-order valence-corrected chi connectivity index (χ4v) is 6.59. The van der Waals surface area contributed by atoms with Crippen LogP contribution >= 0.6 is 0 Å². The molecule has 1 amide bonds. The number of rotatable bonds is 31. The van der Waals surface area contributed by atoms with E-state index < -0.39 is 0 Å². The minimum atomic E-state index is 0.294. The van der Waals surface area contributed by atoms with Gasteiger partial charge in [0.25, 0.3) is 0 Å². The van der Waals surface area contributed by atoms with E-state index in [0.717, 1.165) is 37.8 Å². The van der Waals surface area contributed by atoms with Crippen LogP contribution in [0.1, 0.15) is 187 Å². The fourth-order valence-electron chi connectivity index (χ4n) is 6.59. The number of nitrogens with one attached hydrogen (secondary N) is 1. The minimum absolute atomic E-state index is 0.294. The monoisotopic (exact) mass is 563 g/mol. The van der Waals surface area contributed by atoms with Gasteiger partial charge in [0.15, 0.2) is 0 Å². The molecule has 0 aromatic carbocycles. The van der Waals surface area contributed by atoms with E-state index in [1.165, 1.54) is 161 Å². The van der Waals surface area contributed by atoms with Gasteiger partial charge in [-0.15, -0.1) is 0 Å². The Balaban J connectivity index is 2.12. The molecule has 238 valence electrons. The molecule has 2 unspecified atom stereocenters. The Morgan fingerprint density at radius 1 is 0.625 bits per heavy atom. The van der Waals surface area contributed by atoms with E-state index in [4.69, 9.17) is 0 Å². The van der Waals surface area contributed by atoms with Gasteiger partial charge in [0, 0.05) is 13.0 Å². The lowest BCUT2D eigenvalue weighted by Crippen LogP contribution is -2.25. The Hall–Kier alpha value is -0.570. The lowest BCUT2D eigenvalue weighted by Gasteiger charge is -2.17. The number of hydrogen-bond donors (Lipinski definition) is 1. The van der Waals surface area contributed by atoms with Crippen molar-refractivity contribution in [2.24, 2.45) is 17.8 Å². The van der Waals surface area contributed by atoms with Crippen molar-refractivity contribution in [1.82, 2.24) is 10.2 Å². The summed E-state index contributed by atoms with van der Waals surface area (Å²) >= 11 is 0. The van der Waals surface area contributed by atoms with Crippen LogP contribution in [0.15, 0.2) is 0 Å². The molecule has 2 atom stereocenters. The molecule has 1 aliphatic carbocycles. The van der Waals surface area contributed by atoms with Crippen LogP contribution in [-0.2, 0) is 4.79 Å². The number of hydrogen-bond acceptors (Lipinski definition) is 2. The third kappa shape index (κ3) is 24.1. The molecule has 3 heteroatoms. The molecular weight excluding hydrogens is 488 g/mol. The van der Waals surface area contributed by atoms with Crippen LogP contribution < -0.4 is 5.32 Å². The number of carbonyl (C=O) groups is 1. The maximum Gasteiger partial charge on any atom is 0.220 e. The molecule has 1 fully saturated rings. The van der Waals surface area contributed by atoms with E-state index in [1.807, 2.05) is 0 Å². The highest BCUT2D eigenvalue weighted by molar-refractivity contribution is 5.76. The summed E-state index contributed by atoms with van der Waals surface area (Å²) in [6, 6.07) is 0. The molecule has 0 spiro atoms. The lowest BCUT2D eigenvalue weighted by molar-refractivity contribution is -0.121. The molecular formula is C37H74N2O. The second-order valence-corrected chi connectivity index (χ2v) is 13.9. The largest absolute Gasteiger partial charge is 0.356 e. The van der Waals surface area contributed by atoms with E-state index in [-0.39, 0.29) is 0 Å². The number of nitrogens with zero attached hydrogens (tertiary/aromatic N) is 1. The molecule has 0 aromatic rings. The molecule has 1 N–H and O–H groups in total. The molecule has 0 radical (unpaired) electrons. The fraction of sp³-hybridized carbons (Fsp3) is 0.973. The average molecular weight is 563 g/mol. The number of unbranched alkanes of at least 4 members (excludes halogenated alkanes) is 17. The second kappa shape index (κ2) is 27.3. The summed E-state index contributed by atoms with van der Waals surface area (Å²) < 4.78 is 0. The zero-order valence-electron chi connectivity index (χ0n) is 28.1. The van der Waals surface area contributed by atoms with Crippen molar-refractivity contribution in [3.63, 3.8) is 0 Å². The normalized spacial score (nSPS) is 16.8. The van der Waals surface area contributed by atoms with Gasteiger partial charge in [-0.3, -0.25) is 4.79 Å². The van der Waals surface area contributed by atoms with Crippen molar-refractivity contribution in [3.05, 3.63) is 0 Å². The predicted octanol–water partition coefficient (Wildman–Crippen LogP) is 11.1. The summed E-state index contributed by atoms with van der Waals surface area (Å²) in [5.74, 6) is 2.79. The summed E-state index contributed by atoms with van der Waals surface area (Å²) in [5, 5.41) is 3.15. The first-order chi connectivity index (χ1) is 19.6. The number of amides is 1. The van der Waals surface area contributed by atoms with E-state index in [1.54, 1.807) is 0 Å². The molecule has 40 heavy (non-hydrogen) atoms. The maximum absolute atomic E-state index is 12.2. The highest BCUT2D eigenvalue weighted by Gasteiger charge is 2.37. The van der Waals surface area contributed by atoms with Gasteiger partial charge < -0.3 is 10.2 Å². The maximum atomic E-state index is 12.2. The van der Waals surface area contributed by atoms with Gasteiger partial charge in [-0.05, 0) is 57.7 Å². The molecule has 1 aliphatic rings. The van der Waals surface area contributed by atoms with Crippen molar-refractivity contribution < 1.29 is 4.79 Å². The Bertz CT molecular complexity index is 528. The highest BCUT2D eigenvalue weighted by atomic mass is 16.1. The first kappa shape index (κ1) is 37.5. The molecule has 0 bridgehead atoms. The van der Waals surface area contributed by atoms with Crippen LogP contribution in [-0.4, -0.2) is 38.0 Å². The van der Waals surface area contributed by atoms with Gasteiger partial charge in [0.1, 0.15) is 0 Å². The van der Waals surface area contributed by atoms with Crippen LogP contribution in [0.3, 0.4) is 0 Å². The highest BCUT2D eigenvalue weighted by Crippen LogP contribution is 2.44. The van der Waals surface area contributed by atoms with Crippen LogP contribution in [0.2, 0.25) is 0 Å². The molecule has 3 nitrogen and oxygen atoms in total. The van der Waals surface area contributed by atoms with Crippen LogP contribution in [0.5, 0.6) is 0 Å². The van der Waals surface area contributed by atoms with Crippen molar-refractivity contribution in [2.75, 3.05) is 27.2 Å². The van der Waals surface area contributed by atoms with E-state index in [9.17, 15) is 4.79 Å². The molecule has 0 heterocycles. The Morgan fingerprint density at radius 2 is 1.10 bits per heavy atom. The van der Waals surface area contributed by atoms with Gasteiger partial charge in [0.2, 0.25) is 5.91 Å². The quantitative estimate of drug-likeness (QED) is 0.0852. The van der Waals surface area contributed by atoms with Crippen molar-refractivity contribution >= 4 is 5.91 Å². The van der Waals surface area contributed by atoms with Gasteiger partial charge in [-0.25, -0.2) is 0 Å². The van der Waals surface area contributed by atoms with Crippen LogP contribution in [0.25, 0.3) is 0 Å². The smallest absolute Gasteiger partial charge is 0.220 e. The topological polar surface area (TPSA) is 32.3 Å².